The molecule has 0 saturated heterocycles. The molecule has 0 aliphatic heterocycles. The summed E-state index contributed by atoms with van der Waals surface area (Å²) in [5.74, 6) is -22.0. The van der Waals surface area contributed by atoms with Crippen LogP contribution >= 0.6 is 0 Å². The third-order valence-corrected chi connectivity index (χ3v) is 1.74. The molecule has 1 nitrogen and oxygen atoms in total. The smallest absolute Gasteiger partial charge is 0.436 e. The molecule has 0 spiro atoms. The Morgan fingerprint density at radius 2 is 1.00 bits per heavy atom. The maximum Gasteiger partial charge on any atom is 0.470 e. The fraction of sp³-hybridized carbons (Fsp3) is 0.714. The van der Waals surface area contributed by atoms with Crippen molar-refractivity contribution in [3.05, 3.63) is 12.8 Å². The second kappa shape index (κ2) is 4.40. The predicted molar refractivity (Wildman–Crippen MR) is 37.1 cm³/mol. The number of rotatable bonds is 5. The second-order valence-corrected chi connectivity index (χ2v) is 3.02. The number of ether oxygens (including phenoxy) is 1. The van der Waals surface area contributed by atoms with Gasteiger partial charge in [0.1, 0.15) is 0 Å². The van der Waals surface area contributed by atoms with E-state index in [2.05, 4.69) is 11.3 Å². The summed E-state index contributed by atoms with van der Waals surface area (Å²) in [6, 6.07) is 0. The molecule has 0 heterocycles. The molecule has 0 aliphatic carbocycles. The molecule has 0 bridgehead atoms. The van der Waals surface area contributed by atoms with E-state index < -0.39 is 36.3 Å². The molecule has 0 atom stereocenters. The second-order valence-electron chi connectivity index (χ2n) is 3.02. The van der Waals surface area contributed by atoms with Crippen molar-refractivity contribution >= 4 is 0 Å². The first-order valence-electron chi connectivity index (χ1n) is 3.93. The molecule has 0 unspecified atom stereocenters. The highest BCUT2D eigenvalue weighted by Crippen LogP contribution is 2.57. The molecule has 0 fully saturated rings. The van der Waals surface area contributed by atoms with E-state index in [9.17, 15) is 48.3 Å². The molecular weight excluding hydrogens is 309 g/mol. The lowest BCUT2D eigenvalue weighted by Gasteiger charge is -2.36. The zero-order valence-electron chi connectivity index (χ0n) is 8.35. The Labute approximate surface area is 97.2 Å². The van der Waals surface area contributed by atoms with Crippen LogP contribution in [-0.4, -0.2) is 30.1 Å². The van der Waals surface area contributed by atoms with Gasteiger partial charge < -0.3 is 4.74 Å². The van der Waals surface area contributed by atoms with Gasteiger partial charge in [-0.15, -0.1) is 0 Å². The summed E-state index contributed by atoms with van der Waals surface area (Å²) in [7, 11) is 0. The van der Waals surface area contributed by atoms with Gasteiger partial charge in [0.05, 0.1) is 6.26 Å². The molecule has 114 valence electrons. The van der Waals surface area contributed by atoms with Crippen LogP contribution in [0.5, 0.6) is 0 Å². The average molecular weight is 312 g/mol. The van der Waals surface area contributed by atoms with Gasteiger partial charge in [-0.3, -0.25) is 0 Å². The molecular formula is C7H3F11O. The summed E-state index contributed by atoms with van der Waals surface area (Å²) in [5.41, 5.74) is 0. The maximum absolute atomic E-state index is 12.5. The first kappa shape index (κ1) is 17.8. The molecule has 0 rings (SSSR count). The monoisotopic (exact) mass is 312 g/mol. The van der Waals surface area contributed by atoms with Gasteiger partial charge in [0.2, 0.25) is 0 Å². The van der Waals surface area contributed by atoms with E-state index in [1.54, 1.807) is 0 Å². The highest BCUT2D eigenvalue weighted by Gasteiger charge is 2.88. The third-order valence-electron chi connectivity index (χ3n) is 1.74. The van der Waals surface area contributed by atoms with E-state index in [0.717, 1.165) is 0 Å². The zero-order chi connectivity index (χ0) is 15.9. The molecule has 0 aromatic carbocycles. The van der Waals surface area contributed by atoms with Crippen LogP contribution in [0.15, 0.2) is 12.8 Å². The van der Waals surface area contributed by atoms with E-state index >= 15 is 0 Å². The Kier molecular flexibility index (Phi) is 4.12. The van der Waals surface area contributed by atoms with Crippen molar-refractivity contribution in [1.82, 2.24) is 0 Å². The molecule has 12 heteroatoms. The number of hydrogen-bond acceptors (Lipinski definition) is 1. The van der Waals surface area contributed by atoms with E-state index in [1.807, 2.05) is 0 Å². The lowest BCUT2D eigenvalue weighted by atomic mass is 10.0. The summed E-state index contributed by atoms with van der Waals surface area (Å²) in [4.78, 5) is 0. The van der Waals surface area contributed by atoms with Crippen LogP contribution in [0.4, 0.5) is 48.3 Å². The van der Waals surface area contributed by atoms with E-state index in [4.69, 9.17) is 0 Å². The van der Waals surface area contributed by atoms with E-state index in [-0.39, 0.29) is 0 Å². The minimum absolute atomic E-state index is 0.518. The van der Waals surface area contributed by atoms with E-state index in [0.29, 0.717) is 0 Å². The molecule has 0 aromatic rings. The van der Waals surface area contributed by atoms with Gasteiger partial charge in [0, 0.05) is 0 Å². The third kappa shape index (κ3) is 2.43. The van der Waals surface area contributed by atoms with Gasteiger partial charge in [-0.25, -0.2) is 0 Å². The number of hydrogen-bond donors (Lipinski definition) is 0. The number of halogens is 11. The Morgan fingerprint density at radius 1 is 0.632 bits per heavy atom. The Hall–Kier alpha value is -1.23. The van der Waals surface area contributed by atoms with Crippen molar-refractivity contribution in [2.24, 2.45) is 0 Å². The minimum Gasteiger partial charge on any atom is -0.436 e. The standard InChI is InChI=1S/C7H3F11O/c1-2-19-7(17,18)5(12,13)3(8,9)4(10,11)6(14,15)16/h2H,1H2. The largest absolute Gasteiger partial charge is 0.470 e. The Balaban J connectivity index is 5.83. The van der Waals surface area contributed by atoms with Crippen LogP contribution in [0.25, 0.3) is 0 Å². The molecule has 0 aliphatic rings. The number of alkyl halides is 11. The van der Waals surface area contributed by atoms with Crippen LogP contribution in [0, 0.1) is 0 Å². The van der Waals surface area contributed by atoms with Crippen LogP contribution in [-0.2, 0) is 4.74 Å². The van der Waals surface area contributed by atoms with Crippen molar-refractivity contribution in [3.8, 4) is 0 Å². The van der Waals surface area contributed by atoms with Crippen molar-refractivity contribution in [1.29, 1.82) is 0 Å². The van der Waals surface area contributed by atoms with Crippen LogP contribution in [0.2, 0.25) is 0 Å². The average Bonchev–Trinajstić information content (AvgIpc) is 2.14. The summed E-state index contributed by atoms with van der Waals surface area (Å²) < 4.78 is 137. The molecule has 0 amide bonds. The quantitative estimate of drug-likeness (QED) is 0.546. The first-order valence-corrected chi connectivity index (χ1v) is 3.93. The van der Waals surface area contributed by atoms with Crippen molar-refractivity contribution in [2.75, 3.05) is 0 Å². The van der Waals surface area contributed by atoms with Gasteiger partial charge >= 0.3 is 30.1 Å². The van der Waals surface area contributed by atoms with Gasteiger partial charge in [0.15, 0.2) is 0 Å². The lowest BCUT2D eigenvalue weighted by Crippen LogP contribution is -2.66. The van der Waals surface area contributed by atoms with Crippen molar-refractivity contribution < 1.29 is 53.0 Å². The van der Waals surface area contributed by atoms with Gasteiger partial charge in [-0.1, -0.05) is 6.58 Å². The highest BCUT2D eigenvalue weighted by molar-refractivity contribution is 5.04. The lowest BCUT2D eigenvalue weighted by molar-refractivity contribution is -0.450. The topological polar surface area (TPSA) is 9.23 Å². The summed E-state index contributed by atoms with van der Waals surface area (Å²) in [6.45, 7) is 2.26. The van der Waals surface area contributed by atoms with E-state index in [1.165, 1.54) is 0 Å². The first-order chi connectivity index (χ1) is 8.06. The minimum atomic E-state index is -7.45. The van der Waals surface area contributed by atoms with Gasteiger partial charge in [0.25, 0.3) is 0 Å². The van der Waals surface area contributed by atoms with Gasteiger partial charge in [-0.05, 0) is 0 Å². The zero-order valence-corrected chi connectivity index (χ0v) is 8.35. The predicted octanol–water partition coefficient (Wildman–Crippen LogP) is 4.21. The van der Waals surface area contributed by atoms with Crippen LogP contribution in [0.1, 0.15) is 0 Å². The Morgan fingerprint density at radius 3 is 1.26 bits per heavy atom. The fourth-order valence-corrected chi connectivity index (χ4v) is 0.737. The van der Waals surface area contributed by atoms with Crippen molar-refractivity contribution in [3.63, 3.8) is 0 Å². The molecule has 0 saturated carbocycles. The molecule has 0 radical (unpaired) electrons. The maximum atomic E-state index is 12.5. The van der Waals surface area contributed by atoms with Gasteiger partial charge in [-0.2, -0.15) is 48.3 Å². The Bertz CT molecular complexity index is 341. The SMILES string of the molecule is C=COC(F)(F)C(F)(F)C(F)(F)C(F)(F)C(F)(F)F. The summed E-state index contributed by atoms with van der Waals surface area (Å²) >= 11 is 0. The van der Waals surface area contributed by atoms with Crippen LogP contribution in [0.3, 0.4) is 0 Å². The van der Waals surface area contributed by atoms with Crippen LogP contribution < -0.4 is 0 Å². The highest BCUT2D eigenvalue weighted by atomic mass is 19.4. The molecule has 0 N–H and O–H groups in total. The van der Waals surface area contributed by atoms with Crippen molar-refractivity contribution in [2.45, 2.75) is 30.1 Å². The fourth-order valence-electron chi connectivity index (χ4n) is 0.737. The summed E-state index contributed by atoms with van der Waals surface area (Å²) in [6.07, 6.45) is -14.0. The molecule has 0 aromatic heterocycles. The molecule has 19 heavy (non-hydrogen) atoms. The normalized spacial score (nSPS) is 15.3. The summed E-state index contributed by atoms with van der Waals surface area (Å²) in [5, 5.41) is 0.